The third kappa shape index (κ3) is 2.96. The number of nitrogens with zero attached hydrogens (tertiary/aromatic N) is 2. The summed E-state index contributed by atoms with van der Waals surface area (Å²) in [5, 5.41) is 2.34. The summed E-state index contributed by atoms with van der Waals surface area (Å²) < 4.78 is 4.50. The maximum atomic E-state index is 11.6. The van der Waals surface area contributed by atoms with Gasteiger partial charge in [0.1, 0.15) is 12.6 Å². The van der Waals surface area contributed by atoms with Crippen molar-refractivity contribution < 1.29 is 23.9 Å². The molecule has 1 heterocycles. The average molecular weight is 257 g/mol. The quantitative estimate of drug-likeness (QED) is 0.491. The molecule has 0 bridgehead atoms. The SMILES string of the molecule is COC(=O)C(CN1C(=O)CN(C)C1=O)NC(C)=O. The van der Waals surface area contributed by atoms with Crippen LogP contribution in [0.4, 0.5) is 4.79 Å². The lowest BCUT2D eigenvalue weighted by atomic mass is 10.2. The van der Waals surface area contributed by atoms with Crippen LogP contribution in [0, 0.1) is 0 Å². The van der Waals surface area contributed by atoms with E-state index in [-0.39, 0.29) is 13.1 Å². The molecule has 1 aliphatic rings. The fourth-order valence-corrected chi connectivity index (χ4v) is 1.60. The number of amides is 4. The van der Waals surface area contributed by atoms with Gasteiger partial charge in [-0.2, -0.15) is 0 Å². The highest BCUT2D eigenvalue weighted by Gasteiger charge is 2.37. The Morgan fingerprint density at radius 1 is 1.44 bits per heavy atom. The third-order valence-electron chi connectivity index (χ3n) is 2.46. The molecule has 0 aromatic carbocycles. The Morgan fingerprint density at radius 2 is 2.06 bits per heavy atom. The van der Waals surface area contributed by atoms with Crippen molar-refractivity contribution in [1.29, 1.82) is 0 Å². The first-order chi connectivity index (χ1) is 8.36. The van der Waals surface area contributed by atoms with Gasteiger partial charge in [-0.25, -0.2) is 9.59 Å². The molecule has 1 saturated heterocycles. The molecule has 1 N–H and O–H groups in total. The van der Waals surface area contributed by atoms with E-state index in [1.54, 1.807) is 0 Å². The molecule has 4 amide bonds. The summed E-state index contributed by atoms with van der Waals surface area (Å²) in [6.07, 6.45) is 0. The number of urea groups is 1. The summed E-state index contributed by atoms with van der Waals surface area (Å²) in [5.41, 5.74) is 0. The lowest BCUT2D eigenvalue weighted by Crippen LogP contribution is -2.50. The fourth-order valence-electron chi connectivity index (χ4n) is 1.60. The minimum Gasteiger partial charge on any atom is -0.467 e. The Labute approximate surface area is 104 Å². The van der Waals surface area contributed by atoms with Gasteiger partial charge >= 0.3 is 12.0 Å². The minimum atomic E-state index is -1.05. The van der Waals surface area contributed by atoms with E-state index in [4.69, 9.17) is 0 Å². The third-order valence-corrected chi connectivity index (χ3v) is 2.46. The summed E-state index contributed by atoms with van der Waals surface area (Å²) in [4.78, 5) is 47.7. The second kappa shape index (κ2) is 5.48. The van der Waals surface area contributed by atoms with Crippen LogP contribution in [0.15, 0.2) is 0 Å². The number of imide groups is 1. The number of carbonyl (C=O) groups excluding carboxylic acids is 4. The van der Waals surface area contributed by atoms with E-state index in [1.165, 1.54) is 18.9 Å². The largest absolute Gasteiger partial charge is 0.467 e. The molecule has 0 aliphatic carbocycles. The van der Waals surface area contributed by atoms with Gasteiger partial charge in [-0.15, -0.1) is 0 Å². The van der Waals surface area contributed by atoms with E-state index in [2.05, 4.69) is 10.1 Å². The Kier molecular flexibility index (Phi) is 4.24. The summed E-state index contributed by atoms with van der Waals surface area (Å²) in [6.45, 7) is 0.969. The van der Waals surface area contributed by atoms with Gasteiger partial charge in [-0.05, 0) is 0 Å². The number of ether oxygens (including phenoxy) is 1. The van der Waals surface area contributed by atoms with E-state index in [0.29, 0.717) is 0 Å². The van der Waals surface area contributed by atoms with Gasteiger partial charge in [0.25, 0.3) is 0 Å². The van der Waals surface area contributed by atoms with Crippen molar-refractivity contribution in [2.24, 2.45) is 0 Å². The van der Waals surface area contributed by atoms with Crippen molar-refractivity contribution >= 4 is 23.8 Å². The lowest BCUT2D eigenvalue weighted by Gasteiger charge is -2.20. The number of nitrogens with one attached hydrogen (secondary N) is 1. The summed E-state index contributed by atoms with van der Waals surface area (Å²) in [5.74, 6) is -1.57. The Balaban J connectivity index is 2.77. The van der Waals surface area contributed by atoms with E-state index in [9.17, 15) is 19.2 Å². The van der Waals surface area contributed by atoms with Crippen molar-refractivity contribution in [1.82, 2.24) is 15.1 Å². The fraction of sp³-hybridized carbons (Fsp3) is 0.600. The summed E-state index contributed by atoms with van der Waals surface area (Å²) in [7, 11) is 2.64. The smallest absolute Gasteiger partial charge is 0.330 e. The van der Waals surface area contributed by atoms with E-state index < -0.39 is 29.9 Å². The van der Waals surface area contributed by atoms with Gasteiger partial charge in [-0.3, -0.25) is 14.5 Å². The zero-order valence-corrected chi connectivity index (χ0v) is 10.4. The normalized spacial score (nSPS) is 16.8. The van der Waals surface area contributed by atoms with Crippen LogP contribution < -0.4 is 5.32 Å². The predicted octanol–water partition coefficient (Wildman–Crippen LogP) is -1.44. The standard InChI is InChI=1S/C10H15N3O5/c1-6(14)11-7(9(16)18-3)4-13-8(15)5-12(2)10(13)17/h7H,4-5H2,1-3H3,(H,11,14). The van der Waals surface area contributed by atoms with Crippen LogP contribution in [0.3, 0.4) is 0 Å². The molecule has 0 aromatic rings. The molecule has 0 saturated carbocycles. The van der Waals surface area contributed by atoms with Crippen molar-refractivity contribution in [2.75, 3.05) is 27.2 Å². The van der Waals surface area contributed by atoms with Crippen molar-refractivity contribution in [3.8, 4) is 0 Å². The highest BCUT2D eigenvalue weighted by atomic mass is 16.5. The number of methoxy groups -OCH3 is 1. The average Bonchev–Trinajstić information content (AvgIpc) is 2.53. The number of rotatable bonds is 4. The van der Waals surface area contributed by atoms with Gasteiger partial charge < -0.3 is 15.0 Å². The summed E-state index contributed by atoms with van der Waals surface area (Å²) in [6, 6.07) is -1.55. The molecule has 1 rings (SSSR count). The van der Waals surface area contributed by atoms with E-state index in [1.807, 2.05) is 0 Å². The van der Waals surface area contributed by atoms with Gasteiger partial charge in [0.15, 0.2) is 0 Å². The molecule has 0 spiro atoms. The molecule has 1 fully saturated rings. The number of esters is 1. The molecular formula is C10H15N3O5. The van der Waals surface area contributed by atoms with Gasteiger partial charge in [0.2, 0.25) is 11.8 Å². The lowest BCUT2D eigenvalue weighted by molar-refractivity contribution is -0.145. The van der Waals surface area contributed by atoms with Crippen LogP contribution in [-0.2, 0) is 19.1 Å². The Bertz CT molecular complexity index is 395. The predicted molar refractivity (Wildman–Crippen MR) is 59.4 cm³/mol. The number of carbonyl (C=O) groups is 4. The molecule has 1 aliphatic heterocycles. The van der Waals surface area contributed by atoms with E-state index in [0.717, 1.165) is 12.0 Å². The molecule has 0 aromatic heterocycles. The van der Waals surface area contributed by atoms with Crippen LogP contribution >= 0.6 is 0 Å². The number of likely N-dealkylation sites (N-methyl/N-ethyl adjacent to an activating group) is 1. The van der Waals surface area contributed by atoms with Crippen LogP contribution in [0.1, 0.15) is 6.92 Å². The highest BCUT2D eigenvalue weighted by molar-refractivity contribution is 6.02. The van der Waals surface area contributed by atoms with Crippen molar-refractivity contribution in [3.63, 3.8) is 0 Å². The second-order valence-corrected chi connectivity index (χ2v) is 3.92. The molecular weight excluding hydrogens is 242 g/mol. The zero-order valence-electron chi connectivity index (χ0n) is 10.4. The molecule has 1 atom stereocenters. The van der Waals surface area contributed by atoms with Crippen LogP contribution in [0.2, 0.25) is 0 Å². The number of hydrogen-bond donors (Lipinski definition) is 1. The monoisotopic (exact) mass is 257 g/mol. The summed E-state index contributed by atoms with van der Waals surface area (Å²) >= 11 is 0. The van der Waals surface area contributed by atoms with Crippen LogP contribution in [0.5, 0.6) is 0 Å². The minimum absolute atomic E-state index is 0.0349. The molecule has 18 heavy (non-hydrogen) atoms. The first-order valence-corrected chi connectivity index (χ1v) is 5.27. The highest BCUT2D eigenvalue weighted by Crippen LogP contribution is 2.09. The maximum absolute atomic E-state index is 11.6. The zero-order chi connectivity index (χ0) is 13.9. The molecule has 100 valence electrons. The maximum Gasteiger partial charge on any atom is 0.330 e. The Hall–Kier alpha value is -2.12. The van der Waals surface area contributed by atoms with Gasteiger partial charge in [0, 0.05) is 14.0 Å². The van der Waals surface area contributed by atoms with Crippen LogP contribution in [-0.4, -0.2) is 66.9 Å². The number of hydrogen-bond acceptors (Lipinski definition) is 5. The molecule has 1 unspecified atom stereocenters. The first-order valence-electron chi connectivity index (χ1n) is 5.27. The topological polar surface area (TPSA) is 96.0 Å². The van der Waals surface area contributed by atoms with Gasteiger partial charge in [-0.1, -0.05) is 0 Å². The molecule has 8 heteroatoms. The first kappa shape index (κ1) is 13.9. The molecule has 8 nitrogen and oxygen atoms in total. The van der Waals surface area contributed by atoms with Crippen molar-refractivity contribution in [2.45, 2.75) is 13.0 Å². The second-order valence-electron chi connectivity index (χ2n) is 3.92. The Morgan fingerprint density at radius 3 is 2.44 bits per heavy atom. The van der Waals surface area contributed by atoms with E-state index >= 15 is 0 Å². The van der Waals surface area contributed by atoms with Crippen LogP contribution in [0.25, 0.3) is 0 Å². The van der Waals surface area contributed by atoms with Crippen molar-refractivity contribution in [3.05, 3.63) is 0 Å². The molecule has 0 radical (unpaired) electrons. The van der Waals surface area contributed by atoms with Gasteiger partial charge in [0.05, 0.1) is 13.7 Å².